The lowest BCUT2D eigenvalue weighted by atomic mass is 10.1. The fraction of sp³-hybridized carbons (Fsp3) is 0.300. The highest BCUT2D eigenvalue weighted by molar-refractivity contribution is 9.10. The minimum Gasteiger partial charge on any atom is -0.496 e. The second kappa shape index (κ2) is 11.2. The maximum Gasteiger partial charge on any atom is 0.348 e. The van der Waals surface area contributed by atoms with Crippen LogP contribution >= 0.6 is 39.5 Å². The van der Waals surface area contributed by atoms with Crippen LogP contribution in [0.1, 0.15) is 49.8 Å². The first-order valence-electron chi connectivity index (χ1n) is 9.16. The summed E-state index contributed by atoms with van der Waals surface area (Å²) in [5.41, 5.74) is 0.833. The minimum atomic E-state index is -0.614. The van der Waals surface area contributed by atoms with Gasteiger partial charge in [0.25, 0.3) is 5.91 Å². The van der Waals surface area contributed by atoms with Crippen molar-refractivity contribution in [2.24, 2.45) is 0 Å². The van der Waals surface area contributed by atoms with E-state index in [1.807, 2.05) is 0 Å². The predicted octanol–water partition coefficient (Wildman–Crippen LogP) is 4.31. The van der Waals surface area contributed by atoms with Gasteiger partial charge in [-0.2, -0.15) is 0 Å². The van der Waals surface area contributed by atoms with Gasteiger partial charge in [0, 0.05) is 4.47 Å². The number of esters is 2. The average Bonchev–Trinajstić information content (AvgIpc) is 3.04. The first-order valence-corrected chi connectivity index (χ1v) is 11.2. The van der Waals surface area contributed by atoms with Gasteiger partial charge in [0.15, 0.2) is 5.11 Å². The third-order valence-electron chi connectivity index (χ3n) is 3.95. The summed E-state index contributed by atoms with van der Waals surface area (Å²) >= 11 is 9.55. The molecule has 0 radical (unpaired) electrons. The number of thiophene rings is 1. The van der Waals surface area contributed by atoms with Gasteiger partial charge in [-0.15, -0.1) is 11.3 Å². The van der Waals surface area contributed by atoms with Crippen LogP contribution in [0.5, 0.6) is 5.75 Å². The van der Waals surface area contributed by atoms with Crippen molar-refractivity contribution in [3.05, 3.63) is 44.2 Å². The summed E-state index contributed by atoms with van der Waals surface area (Å²) in [6.07, 6.45) is 0. The van der Waals surface area contributed by atoms with E-state index in [1.165, 1.54) is 7.11 Å². The third kappa shape index (κ3) is 6.02. The summed E-state index contributed by atoms with van der Waals surface area (Å²) in [4.78, 5) is 37.6. The number of anilines is 1. The number of methoxy groups -OCH3 is 1. The van der Waals surface area contributed by atoms with Crippen LogP contribution in [0, 0.1) is 6.92 Å². The lowest BCUT2D eigenvalue weighted by Gasteiger charge is -2.12. The van der Waals surface area contributed by atoms with E-state index in [9.17, 15) is 14.4 Å². The number of nitrogens with one attached hydrogen (secondary N) is 2. The van der Waals surface area contributed by atoms with Gasteiger partial charge in [-0.05, 0) is 56.8 Å². The Hall–Kier alpha value is -2.50. The number of halogens is 1. The molecule has 1 heterocycles. The van der Waals surface area contributed by atoms with Gasteiger partial charge in [-0.1, -0.05) is 15.9 Å². The molecule has 1 amide bonds. The Balaban J connectivity index is 2.30. The predicted molar refractivity (Wildman–Crippen MR) is 125 cm³/mol. The molecule has 0 saturated carbocycles. The van der Waals surface area contributed by atoms with E-state index in [0.29, 0.717) is 15.8 Å². The van der Waals surface area contributed by atoms with Crippen molar-refractivity contribution in [1.82, 2.24) is 5.32 Å². The van der Waals surface area contributed by atoms with Gasteiger partial charge in [0.2, 0.25) is 0 Å². The van der Waals surface area contributed by atoms with Crippen LogP contribution in [0.15, 0.2) is 22.7 Å². The van der Waals surface area contributed by atoms with Gasteiger partial charge in [-0.25, -0.2) is 9.59 Å². The first-order chi connectivity index (χ1) is 14.7. The summed E-state index contributed by atoms with van der Waals surface area (Å²) in [6, 6.07) is 4.97. The Morgan fingerprint density at radius 1 is 1.13 bits per heavy atom. The summed E-state index contributed by atoms with van der Waals surface area (Å²) < 4.78 is 16.1. The molecule has 0 aliphatic heterocycles. The number of thiocarbonyl (C=S) groups is 1. The van der Waals surface area contributed by atoms with Crippen LogP contribution in [-0.4, -0.2) is 43.3 Å². The second-order valence-corrected chi connectivity index (χ2v) is 8.30. The number of carbonyl (C=O) groups is 3. The van der Waals surface area contributed by atoms with Crippen molar-refractivity contribution in [1.29, 1.82) is 0 Å². The van der Waals surface area contributed by atoms with Crippen LogP contribution in [0.2, 0.25) is 0 Å². The summed E-state index contributed by atoms with van der Waals surface area (Å²) in [7, 11) is 1.45. The van der Waals surface area contributed by atoms with Gasteiger partial charge in [0.1, 0.15) is 15.6 Å². The van der Waals surface area contributed by atoms with E-state index in [4.69, 9.17) is 26.4 Å². The third-order valence-corrected chi connectivity index (χ3v) is 5.83. The van der Waals surface area contributed by atoms with E-state index in [2.05, 4.69) is 26.6 Å². The number of hydrogen-bond acceptors (Lipinski definition) is 8. The maximum absolute atomic E-state index is 12.7. The van der Waals surface area contributed by atoms with Crippen molar-refractivity contribution in [2.45, 2.75) is 20.8 Å². The molecule has 1 aromatic carbocycles. The minimum absolute atomic E-state index is 0.0609. The maximum atomic E-state index is 12.7. The molecule has 0 spiro atoms. The van der Waals surface area contributed by atoms with E-state index >= 15 is 0 Å². The monoisotopic (exact) mass is 528 g/mol. The number of amides is 1. The molecule has 2 N–H and O–H groups in total. The molecule has 0 atom stereocenters. The largest absolute Gasteiger partial charge is 0.496 e. The van der Waals surface area contributed by atoms with Crippen molar-refractivity contribution >= 4 is 67.4 Å². The molecule has 1 aromatic heterocycles. The zero-order valence-electron chi connectivity index (χ0n) is 17.3. The first kappa shape index (κ1) is 24.8. The highest BCUT2D eigenvalue weighted by Gasteiger charge is 2.27. The van der Waals surface area contributed by atoms with Crippen LogP contribution in [0.25, 0.3) is 0 Å². The van der Waals surface area contributed by atoms with Crippen molar-refractivity contribution < 1.29 is 28.6 Å². The zero-order valence-corrected chi connectivity index (χ0v) is 20.5. The summed E-state index contributed by atoms with van der Waals surface area (Å²) in [5.74, 6) is -1.31. The van der Waals surface area contributed by atoms with Crippen LogP contribution in [0.4, 0.5) is 5.00 Å². The topological polar surface area (TPSA) is 103 Å². The molecular formula is C20H21BrN2O6S2. The molecule has 0 fully saturated rings. The Labute approximate surface area is 197 Å². The Morgan fingerprint density at radius 3 is 2.39 bits per heavy atom. The number of ether oxygens (including phenoxy) is 3. The highest BCUT2D eigenvalue weighted by Crippen LogP contribution is 2.34. The molecule has 11 heteroatoms. The molecule has 8 nitrogen and oxygen atoms in total. The Bertz CT molecular complexity index is 1020. The second-order valence-electron chi connectivity index (χ2n) is 5.95. The number of carbonyl (C=O) groups excluding carboxylic acids is 3. The van der Waals surface area contributed by atoms with Crippen LogP contribution < -0.4 is 15.4 Å². The van der Waals surface area contributed by atoms with E-state index < -0.39 is 17.8 Å². The molecule has 0 unspecified atom stereocenters. The lowest BCUT2D eigenvalue weighted by Crippen LogP contribution is -2.34. The standard InChI is InChI=1S/C20H21BrN2O6S2/c1-5-28-18(25)14-10(3)15(19(26)29-6-2)31-17(14)23-20(30)22-16(24)12-9-11(21)7-8-13(12)27-4/h7-9H,5-6H2,1-4H3,(H2,22,23,24,30). The number of hydrogen-bond donors (Lipinski definition) is 2. The molecular weight excluding hydrogens is 508 g/mol. The van der Waals surface area contributed by atoms with E-state index in [0.717, 1.165) is 11.3 Å². The van der Waals surface area contributed by atoms with Crippen molar-refractivity contribution in [3.8, 4) is 5.75 Å². The van der Waals surface area contributed by atoms with Crippen molar-refractivity contribution in [3.63, 3.8) is 0 Å². The molecule has 31 heavy (non-hydrogen) atoms. The summed E-state index contributed by atoms with van der Waals surface area (Å²) in [5, 5.41) is 5.57. The van der Waals surface area contributed by atoms with Gasteiger partial charge >= 0.3 is 11.9 Å². The molecule has 0 saturated heterocycles. The fourth-order valence-corrected chi connectivity index (χ4v) is 4.32. The van der Waals surface area contributed by atoms with Gasteiger partial charge in [0.05, 0.1) is 31.5 Å². The van der Waals surface area contributed by atoms with E-state index in [1.54, 1.807) is 39.0 Å². The van der Waals surface area contributed by atoms with Gasteiger partial charge < -0.3 is 19.5 Å². The molecule has 0 bridgehead atoms. The Kier molecular flexibility index (Phi) is 8.96. The molecule has 2 rings (SSSR count). The molecule has 0 aliphatic rings. The number of benzene rings is 1. The quantitative estimate of drug-likeness (QED) is 0.404. The SMILES string of the molecule is CCOC(=O)c1sc(NC(=S)NC(=O)c2cc(Br)ccc2OC)c(C(=O)OCC)c1C. The lowest BCUT2D eigenvalue weighted by molar-refractivity contribution is 0.0527. The van der Waals surface area contributed by atoms with E-state index in [-0.39, 0.29) is 39.3 Å². The number of rotatable bonds is 7. The fourth-order valence-electron chi connectivity index (χ4n) is 2.60. The van der Waals surface area contributed by atoms with Crippen molar-refractivity contribution in [2.75, 3.05) is 25.6 Å². The molecule has 2 aromatic rings. The Morgan fingerprint density at radius 2 is 1.77 bits per heavy atom. The zero-order chi connectivity index (χ0) is 23.1. The van der Waals surface area contributed by atoms with Crippen LogP contribution in [0.3, 0.4) is 0 Å². The smallest absolute Gasteiger partial charge is 0.348 e. The summed E-state index contributed by atoms with van der Waals surface area (Å²) in [6.45, 7) is 5.33. The average molecular weight is 529 g/mol. The van der Waals surface area contributed by atoms with Gasteiger partial charge in [-0.3, -0.25) is 10.1 Å². The highest BCUT2D eigenvalue weighted by atomic mass is 79.9. The normalized spacial score (nSPS) is 10.2. The van der Waals surface area contributed by atoms with Crippen LogP contribution in [-0.2, 0) is 9.47 Å². The molecule has 0 aliphatic carbocycles. The molecule has 166 valence electrons.